The fourth-order valence-electron chi connectivity index (χ4n) is 5.52. The minimum Gasteiger partial charge on any atom is -0.486 e. The number of amides is 2. The normalized spacial score (nSPS) is 15.8. The lowest BCUT2D eigenvalue weighted by atomic mass is 9.94. The van der Waals surface area contributed by atoms with Crippen LogP contribution in [0.15, 0.2) is 78.9 Å². The molecule has 1 aliphatic carbocycles. The summed E-state index contributed by atoms with van der Waals surface area (Å²) in [7, 11) is 0. The van der Waals surface area contributed by atoms with Crippen LogP contribution in [-0.2, 0) is 29.0 Å². The highest BCUT2D eigenvalue weighted by molar-refractivity contribution is 5.88. The van der Waals surface area contributed by atoms with Crippen molar-refractivity contribution in [3.05, 3.63) is 95.6 Å². The second-order valence-electron chi connectivity index (χ2n) is 10.5. The quantitative estimate of drug-likeness (QED) is 0.380. The zero-order valence-electron chi connectivity index (χ0n) is 22.5. The maximum absolute atomic E-state index is 13.9. The van der Waals surface area contributed by atoms with Crippen molar-refractivity contribution < 1.29 is 19.1 Å². The van der Waals surface area contributed by atoms with Crippen LogP contribution in [0.4, 0.5) is 0 Å². The van der Waals surface area contributed by atoms with Crippen LogP contribution in [0.2, 0.25) is 0 Å². The second-order valence-corrected chi connectivity index (χ2v) is 10.5. The van der Waals surface area contributed by atoms with Crippen LogP contribution in [0.1, 0.15) is 55.2 Å². The van der Waals surface area contributed by atoms with Gasteiger partial charge in [-0.25, -0.2) is 0 Å². The fourth-order valence-corrected chi connectivity index (χ4v) is 5.52. The standard InChI is InChI=1S/C33H38N2O4/c36-32(19-17-26-16-18-30-31(23-26)39-21-20-38-30)35(24-27-12-6-2-7-13-27)29(22-25-10-4-1-5-11-25)33(37)34-28-14-8-3-9-15-28/h1-2,4-7,10-13,16,18,23,28-29H,3,8-9,14-15,17,19-22,24H2,(H,34,37)/t29-/m1/s1. The number of aryl methyl sites for hydroxylation is 1. The molecule has 3 aromatic carbocycles. The molecule has 6 heteroatoms. The molecule has 1 heterocycles. The Morgan fingerprint density at radius 3 is 2.18 bits per heavy atom. The van der Waals surface area contributed by atoms with Crippen LogP contribution >= 0.6 is 0 Å². The molecule has 1 N–H and O–H groups in total. The van der Waals surface area contributed by atoms with E-state index < -0.39 is 6.04 Å². The average molecular weight is 527 g/mol. The number of fused-ring (bicyclic) bond motifs is 1. The zero-order chi connectivity index (χ0) is 26.9. The van der Waals surface area contributed by atoms with Gasteiger partial charge in [0.1, 0.15) is 19.3 Å². The van der Waals surface area contributed by atoms with Gasteiger partial charge in [0.15, 0.2) is 11.5 Å². The molecule has 1 fully saturated rings. The van der Waals surface area contributed by atoms with E-state index in [0.29, 0.717) is 39.0 Å². The van der Waals surface area contributed by atoms with Gasteiger partial charge in [0.05, 0.1) is 0 Å². The number of ether oxygens (including phenoxy) is 2. The minimum absolute atomic E-state index is 0.0338. The molecule has 0 saturated heterocycles. The van der Waals surface area contributed by atoms with Crippen LogP contribution in [0.3, 0.4) is 0 Å². The lowest BCUT2D eigenvalue weighted by Gasteiger charge is -2.33. The minimum atomic E-state index is -0.595. The van der Waals surface area contributed by atoms with Gasteiger partial charge in [-0.3, -0.25) is 9.59 Å². The van der Waals surface area contributed by atoms with Crippen molar-refractivity contribution in [2.24, 2.45) is 0 Å². The number of rotatable bonds is 10. The third-order valence-corrected chi connectivity index (χ3v) is 7.65. The van der Waals surface area contributed by atoms with Gasteiger partial charge in [-0.15, -0.1) is 0 Å². The Kier molecular flexibility index (Phi) is 9.15. The van der Waals surface area contributed by atoms with Gasteiger partial charge in [-0.1, -0.05) is 86.0 Å². The lowest BCUT2D eigenvalue weighted by Crippen LogP contribution is -2.52. The molecule has 0 bridgehead atoms. The van der Waals surface area contributed by atoms with Crippen molar-refractivity contribution in [3.8, 4) is 11.5 Å². The predicted molar refractivity (Wildman–Crippen MR) is 152 cm³/mol. The summed E-state index contributed by atoms with van der Waals surface area (Å²) in [6.45, 7) is 1.46. The molecular weight excluding hydrogens is 488 g/mol. The largest absolute Gasteiger partial charge is 0.486 e. The Morgan fingerprint density at radius 2 is 1.46 bits per heavy atom. The monoisotopic (exact) mass is 526 g/mol. The molecule has 2 aliphatic rings. The maximum atomic E-state index is 13.9. The van der Waals surface area contributed by atoms with Crippen molar-refractivity contribution in [3.63, 3.8) is 0 Å². The van der Waals surface area contributed by atoms with Crippen molar-refractivity contribution in [1.82, 2.24) is 10.2 Å². The van der Waals surface area contributed by atoms with E-state index in [-0.39, 0.29) is 17.9 Å². The number of benzene rings is 3. The van der Waals surface area contributed by atoms with E-state index >= 15 is 0 Å². The highest BCUT2D eigenvalue weighted by Gasteiger charge is 2.31. The molecule has 2 amide bonds. The van der Waals surface area contributed by atoms with E-state index in [2.05, 4.69) is 5.32 Å². The maximum Gasteiger partial charge on any atom is 0.243 e. The van der Waals surface area contributed by atoms with Gasteiger partial charge in [0, 0.05) is 25.4 Å². The Hall–Kier alpha value is -3.80. The summed E-state index contributed by atoms with van der Waals surface area (Å²) in [6, 6.07) is 25.4. The van der Waals surface area contributed by atoms with Gasteiger partial charge >= 0.3 is 0 Å². The summed E-state index contributed by atoms with van der Waals surface area (Å²) in [5.41, 5.74) is 3.06. The molecule has 39 heavy (non-hydrogen) atoms. The Bertz CT molecular complexity index is 1220. The van der Waals surface area contributed by atoms with E-state index in [1.807, 2.05) is 78.9 Å². The fraction of sp³-hybridized carbons (Fsp3) is 0.394. The molecule has 1 atom stereocenters. The predicted octanol–water partition coefficient (Wildman–Crippen LogP) is 5.48. The Morgan fingerprint density at radius 1 is 0.795 bits per heavy atom. The van der Waals surface area contributed by atoms with E-state index in [1.54, 1.807) is 4.90 Å². The molecule has 204 valence electrons. The van der Waals surface area contributed by atoms with Crippen molar-refractivity contribution in [2.75, 3.05) is 13.2 Å². The first-order chi connectivity index (χ1) is 19.2. The van der Waals surface area contributed by atoms with E-state index in [0.717, 1.165) is 53.9 Å². The van der Waals surface area contributed by atoms with Crippen LogP contribution in [0, 0.1) is 0 Å². The third kappa shape index (κ3) is 7.41. The van der Waals surface area contributed by atoms with Crippen LogP contribution in [0.5, 0.6) is 11.5 Å². The molecule has 1 aliphatic heterocycles. The first-order valence-corrected chi connectivity index (χ1v) is 14.2. The summed E-state index contributed by atoms with van der Waals surface area (Å²) in [5.74, 6) is 1.37. The SMILES string of the molecule is O=C(NC1CCCCC1)[C@@H](Cc1ccccc1)N(Cc1ccccc1)C(=O)CCc1ccc2c(c1)OCCO2. The summed E-state index contributed by atoms with van der Waals surface area (Å²) in [5, 5.41) is 3.31. The number of hydrogen-bond donors (Lipinski definition) is 1. The Labute approximate surface area is 231 Å². The molecule has 6 nitrogen and oxygen atoms in total. The molecular formula is C33H38N2O4. The molecule has 0 unspecified atom stereocenters. The lowest BCUT2D eigenvalue weighted by molar-refractivity contribution is -0.141. The summed E-state index contributed by atoms with van der Waals surface area (Å²) < 4.78 is 11.4. The van der Waals surface area contributed by atoms with Gasteiger partial charge in [0.2, 0.25) is 11.8 Å². The van der Waals surface area contributed by atoms with Gasteiger partial charge in [-0.2, -0.15) is 0 Å². The van der Waals surface area contributed by atoms with Crippen LogP contribution in [0.25, 0.3) is 0 Å². The van der Waals surface area contributed by atoms with E-state index in [4.69, 9.17) is 9.47 Å². The average Bonchev–Trinajstić information content (AvgIpc) is 2.99. The van der Waals surface area contributed by atoms with Crippen LogP contribution in [-0.4, -0.2) is 42.0 Å². The first kappa shape index (κ1) is 26.8. The summed E-state index contributed by atoms with van der Waals surface area (Å²) >= 11 is 0. The molecule has 0 aromatic heterocycles. The highest BCUT2D eigenvalue weighted by atomic mass is 16.6. The second kappa shape index (κ2) is 13.3. The van der Waals surface area contributed by atoms with E-state index in [9.17, 15) is 9.59 Å². The van der Waals surface area contributed by atoms with Crippen molar-refractivity contribution in [1.29, 1.82) is 0 Å². The third-order valence-electron chi connectivity index (χ3n) is 7.65. The topological polar surface area (TPSA) is 67.9 Å². The summed E-state index contributed by atoms with van der Waals surface area (Å²) in [6.07, 6.45) is 6.83. The summed E-state index contributed by atoms with van der Waals surface area (Å²) in [4.78, 5) is 29.6. The van der Waals surface area contributed by atoms with Crippen molar-refractivity contribution >= 4 is 11.8 Å². The zero-order valence-corrected chi connectivity index (χ0v) is 22.5. The molecule has 1 saturated carbocycles. The van der Waals surface area contributed by atoms with Gasteiger partial charge < -0.3 is 19.7 Å². The van der Waals surface area contributed by atoms with Gasteiger partial charge in [-0.05, 0) is 48.1 Å². The molecule has 3 aromatic rings. The van der Waals surface area contributed by atoms with E-state index in [1.165, 1.54) is 6.42 Å². The molecule has 0 spiro atoms. The number of nitrogens with zero attached hydrogens (tertiary/aromatic N) is 1. The highest BCUT2D eigenvalue weighted by Crippen LogP contribution is 2.31. The first-order valence-electron chi connectivity index (χ1n) is 14.2. The smallest absolute Gasteiger partial charge is 0.243 e. The number of hydrogen-bond acceptors (Lipinski definition) is 4. The molecule has 0 radical (unpaired) electrons. The number of carbonyl (C=O) groups excluding carboxylic acids is 2. The number of carbonyl (C=O) groups is 2. The Balaban J connectivity index is 1.38. The number of nitrogens with one attached hydrogen (secondary N) is 1. The molecule has 5 rings (SSSR count). The van der Waals surface area contributed by atoms with Crippen LogP contribution < -0.4 is 14.8 Å². The van der Waals surface area contributed by atoms with Gasteiger partial charge in [0.25, 0.3) is 0 Å². The van der Waals surface area contributed by atoms with Crippen molar-refractivity contribution in [2.45, 2.75) is 70.0 Å².